The van der Waals surface area contributed by atoms with Gasteiger partial charge < -0.3 is 10.6 Å². The monoisotopic (exact) mass is 298 g/mol. The first-order valence-corrected chi connectivity index (χ1v) is 8.84. The van der Waals surface area contributed by atoms with Crippen molar-refractivity contribution >= 4 is 17.3 Å². The number of nitrogens with one attached hydrogen (secondary N) is 2. The molecule has 0 aromatic heterocycles. The van der Waals surface area contributed by atoms with Gasteiger partial charge in [0, 0.05) is 13.1 Å². The fraction of sp³-hybridized carbons (Fsp3) is 0.824. The molecule has 0 radical (unpaired) electrons. The molecule has 0 rings (SSSR count). The van der Waals surface area contributed by atoms with E-state index in [0.717, 1.165) is 24.6 Å². The van der Waals surface area contributed by atoms with Gasteiger partial charge in [0.05, 0.1) is 0 Å². The molecule has 0 heterocycles. The molecule has 0 fully saturated rings. The molecule has 0 aromatic carbocycles. The highest BCUT2D eigenvalue weighted by Gasteiger charge is 1.95. The summed E-state index contributed by atoms with van der Waals surface area (Å²) in [5.74, 6) is 0. The molecule has 118 valence electrons. The van der Waals surface area contributed by atoms with E-state index in [0.29, 0.717) is 0 Å². The van der Waals surface area contributed by atoms with E-state index in [9.17, 15) is 0 Å². The first-order valence-electron chi connectivity index (χ1n) is 8.43. The zero-order chi connectivity index (χ0) is 14.9. The van der Waals surface area contributed by atoms with Crippen molar-refractivity contribution in [1.29, 1.82) is 0 Å². The Bertz CT molecular complexity index is 229. The number of rotatable bonds is 14. The van der Waals surface area contributed by atoms with E-state index in [1.54, 1.807) is 0 Å². The van der Waals surface area contributed by atoms with Crippen LogP contribution in [-0.2, 0) is 0 Å². The third kappa shape index (κ3) is 15.5. The second-order valence-corrected chi connectivity index (χ2v) is 5.85. The van der Waals surface area contributed by atoms with Crippen molar-refractivity contribution < 1.29 is 0 Å². The van der Waals surface area contributed by atoms with Crippen LogP contribution in [0.25, 0.3) is 0 Å². The normalized spacial score (nSPS) is 10.2. The van der Waals surface area contributed by atoms with Gasteiger partial charge in [-0.05, 0) is 37.9 Å². The van der Waals surface area contributed by atoms with Crippen molar-refractivity contribution in [3.05, 3.63) is 12.7 Å². The van der Waals surface area contributed by atoms with E-state index in [1.165, 1.54) is 64.2 Å². The number of allylic oxidation sites excluding steroid dienone is 1. The summed E-state index contributed by atoms with van der Waals surface area (Å²) in [5, 5.41) is 7.40. The van der Waals surface area contributed by atoms with Gasteiger partial charge in [-0.25, -0.2) is 0 Å². The summed E-state index contributed by atoms with van der Waals surface area (Å²) in [6.07, 6.45) is 16.2. The fourth-order valence-corrected chi connectivity index (χ4v) is 2.34. The van der Waals surface area contributed by atoms with Crippen LogP contribution >= 0.6 is 12.2 Å². The van der Waals surface area contributed by atoms with Crippen LogP contribution in [0.3, 0.4) is 0 Å². The molecule has 0 aromatic rings. The summed E-state index contributed by atoms with van der Waals surface area (Å²) in [6.45, 7) is 8.00. The number of unbranched alkanes of at least 4 members (excludes halogenated alkanes) is 9. The van der Waals surface area contributed by atoms with Crippen molar-refractivity contribution in [3.63, 3.8) is 0 Å². The highest BCUT2D eigenvalue weighted by molar-refractivity contribution is 7.80. The first-order chi connectivity index (χ1) is 9.81. The molecule has 20 heavy (non-hydrogen) atoms. The maximum absolute atomic E-state index is 5.26. The molecule has 2 N–H and O–H groups in total. The molecule has 0 spiro atoms. The van der Waals surface area contributed by atoms with Gasteiger partial charge in [-0.15, -0.1) is 6.58 Å². The van der Waals surface area contributed by atoms with Crippen LogP contribution in [0.4, 0.5) is 0 Å². The van der Waals surface area contributed by atoms with Crippen molar-refractivity contribution in [2.45, 2.75) is 77.6 Å². The Balaban J connectivity index is 3.14. The average Bonchev–Trinajstić information content (AvgIpc) is 2.45. The van der Waals surface area contributed by atoms with Crippen LogP contribution in [0.5, 0.6) is 0 Å². The Morgan fingerprint density at radius 2 is 1.35 bits per heavy atom. The first kappa shape index (κ1) is 19.4. The standard InChI is InChI=1S/C17H34N2S/c1-3-5-7-9-11-13-15-18-17(20)19-16-14-12-10-8-6-4-2/h3H,1,4-16H2,2H3,(H2,18,19,20). The predicted molar refractivity (Wildman–Crippen MR) is 95.3 cm³/mol. The van der Waals surface area contributed by atoms with Gasteiger partial charge in [-0.1, -0.05) is 57.9 Å². The molecule has 0 aliphatic carbocycles. The molecular weight excluding hydrogens is 264 g/mol. The van der Waals surface area contributed by atoms with Gasteiger partial charge in [0.1, 0.15) is 0 Å². The molecule has 0 amide bonds. The maximum atomic E-state index is 5.26. The zero-order valence-corrected chi connectivity index (χ0v) is 14.2. The van der Waals surface area contributed by atoms with Crippen LogP contribution in [0.1, 0.15) is 77.6 Å². The number of thiocarbonyl (C=S) groups is 1. The van der Waals surface area contributed by atoms with E-state index in [4.69, 9.17) is 12.2 Å². The summed E-state index contributed by atoms with van der Waals surface area (Å²) in [7, 11) is 0. The van der Waals surface area contributed by atoms with E-state index in [2.05, 4.69) is 24.1 Å². The largest absolute Gasteiger partial charge is 0.363 e. The third-order valence-corrected chi connectivity index (χ3v) is 3.73. The minimum atomic E-state index is 0.824. The molecule has 0 bridgehead atoms. The Morgan fingerprint density at radius 3 is 1.90 bits per heavy atom. The van der Waals surface area contributed by atoms with Gasteiger partial charge >= 0.3 is 0 Å². The van der Waals surface area contributed by atoms with E-state index in [1.807, 2.05) is 6.08 Å². The quantitative estimate of drug-likeness (QED) is 0.270. The number of hydrogen-bond acceptors (Lipinski definition) is 1. The van der Waals surface area contributed by atoms with Crippen molar-refractivity contribution in [1.82, 2.24) is 10.6 Å². The van der Waals surface area contributed by atoms with Gasteiger partial charge in [-0.3, -0.25) is 0 Å². The third-order valence-electron chi connectivity index (χ3n) is 3.44. The van der Waals surface area contributed by atoms with Crippen LogP contribution in [-0.4, -0.2) is 18.2 Å². The molecule has 0 saturated heterocycles. The van der Waals surface area contributed by atoms with Crippen molar-refractivity contribution in [3.8, 4) is 0 Å². The fourth-order valence-electron chi connectivity index (χ4n) is 2.14. The van der Waals surface area contributed by atoms with Gasteiger partial charge in [0.15, 0.2) is 5.11 Å². The van der Waals surface area contributed by atoms with E-state index in [-0.39, 0.29) is 0 Å². The molecular formula is C17H34N2S. The van der Waals surface area contributed by atoms with Crippen LogP contribution in [0, 0.1) is 0 Å². The Morgan fingerprint density at radius 1 is 0.850 bits per heavy atom. The predicted octanol–water partition coefficient (Wildman–Crippen LogP) is 4.95. The summed E-state index contributed by atoms with van der Waals surface area (Å²) in [5.41, 5.74) is 0. The minimum absolute atomic E-state index is 0.824. The van der Waals surface area contributed by atoms with Crippen molar-refractivity contribution in [2.24, 2.45) is 0 Å². The highest BCUT2D eigenvalue weighted by Crippen LogP contribution is 2.04. The molecule has 0 unspecified atom stereocenters. The second-order valence-electron chi connectivity index (χ2n) is 5.44. The lowest BCUT2D eigenvalue weighted by molar-refractivity contribution is 0.598. The average molecular weight is 299 g/mol. The molecule has 3 heteroatoms. The van der Waals surface area contributed by atoms with Gasteiger partial charge in [0.25, 0.3) is 0 Å². The minimum Gasteiger partial charge on any atom is -0.363 e. The van der Waals surface area contributed by atoms with Crippen LogP contribution in [0.2, 0.25) is 0 Å². The number of hydrogen-bond donors (Lipinski definition) is 2. The summed E-state index contributed by atoms with van der Waals surface area (Å²) in [6, 6.07) is 0. The van der Waals surface area contributed by atoms with Crippen molar-refractivity contribution in [2.75, 3.05) is 13.1 Å². The van der Waals surface area contributed by atoms with E-state index < -0.39 is 0 Å². The lowest BCUT2D eigenvalue weighted by Gasteiger charge is -2.10. The SMILES string of the molecule is C=CCCCCCCNC(=S)NCCCCCCCC. The topological polar surface area (TPSA) is 24.1 Å². The lowest BCUT2D eigenvalue weighted by Crippen LogP contribution is -2.36. The molecule has 0 aliphatic heterocycles. The summed E-state index contributed by atoms with van der Waals surface area (Å²) >= 11 is 5.26. The molecule has 2 nitrogen and oxygen atoms in total. The smallest absolute Gasteiger partial charge is 0.166 e. The van der Waals surface area contributed by atoms with Gasteiger partial charge in [-0.2, -0.15) is 0 Å². The van der Waals surface area contributed by atoms with Crippen LogP contribution in [0.15, 0.2) is 12.7 Å². The van der Waals surface area contributed by atoms with E-state index >= 15 is 0 Å². The van der Waals surface area contributed by atoms with Crippen LogP contribution < -0.4 is 10.6 Å². The summed E-state index contributed by atoms with van der Waals surface area (Å²) in [4.78, 5) is 0. The zero-order valence-electron chi connectivity index (χ0n) is 13.4. The Hall–Kier alpha value is -0.570. The lowest BCUT2D eigenvalue weighted by atomic mass is 10.1. The Kier molecular flexibility index (Phi) is 16.0. The molecule has 0 saturated carbocycles. The van der Waals surface area contributed by atoms with Gasteiger partial charge in [0.2, 0.25) is 0 Å². The maximum Gasteiger partial charge on any atom is 0.166 e. The highest BCUT2D eigenvalue weighted by atomic mass is 32.1. The molecule has 0 aliphatic rings. The second kappa shape index (κ2) is 16.5. The molecule has 0 atom stereocenters. The Labute approximate surface area is 131 Å². The summed E-state index contributed by atoms with van der Waals surface area (Å²) < 4.78 is 0.